The van der Waals surface area contributed by atoms with Crippen LogP contribution in [0.5, 0.6) is 0 Å². The number of pyridine rings is 1. The number of hydrogen-bond acceptors (Lipinski definition) is 2. The standard InChI is InChI=1S/C12H12N2/c1-3-5-11(6-4-2)14-12-7-9-13-10-8-12/h1-2,7-11H,5-6H2,(H,13,14). The van der Waals surface area contributed by atoms with Crippen LogP contribution in [-0.4, -0.2) is 11.0 Å². The Morgan fingerprint density at radius 2 is 1.79 bits per heavy atom. The third-order valence-electron chi connectivity index (χ3n) is 1.78. The molecule has 14 heavy (non-hydrogen) atoms. The molecule has 0 atom stereocenters. The molecule has 1 heterocycles. The van der Waals surface area contributed by atoms with Crippen LogP contribution < -0.4 is 5.32 Å². The molecule has 0 spiro atoms. The van der Waals surface area contributed by atoms with Gasteiger partial charge in [0.25, 0.3) is 0 Å². The van der Waals surface area contributed by atoms with Gasteiger partial charge in [-0.05, 0) is 12.1 Å². The molecule has 0 saturated heterocycles. The second-order valence-electron chi connectivity index (χ2n) is 2.89. The van der Waals surface area contributed by atoms with Crippen LogP contribution >= 0.6 is 0 Å². The molecule has 1 N–H and O–H groups in total. The van der Waals surface area contributed by atoms with E-state index in [1.54, 1.807) is 12.4 Å². The minimum Gasteiger partial charge on any atom is -0.380 e. The molecule has 1 aromatic heterocycles. The van der Waals surface area contributed by atoms with E-state index in [0.717, 1.165) is 5.69 Å². The van der Waals surface area contributed by atoms with Gasteiger partial charge in [-0.1, -0.05) is 0 Å². The summed E-state index contributed by atoms with van der Waals surface area (Å²) in [4.78, 5) is 3.92. The van der Waals surface area contributed by atoms with Crippen LogP contribution in [0.3, 0.4) is 0 Å². The summed E-state index contributed by atoms with van der Waals surface area (Å²) in [6.07, 6.45) is 15.2. The molecule has 0 aliphatic heterocycles. The fourth-order valence-electron chi connectivity index (χ4n) is 1.14. The Labute approximate surface area is 84.8 Å². The average Bonchev–Trinajstić information content (AvgIpc) is 2.20. The Bertz CT molecular complexity index is 327. The third kappa shape index (κ3) is 3.21. The molecule has 2 nitrogen and oxygen atoms in total. The summed E-state index contributed by atoms with van der Waals surface area (Å²) < 4.78 is 0. The number of aromatic nitrogens is 1. The highest BCUT2D eigenvalue weighted by atomic mass is 14.9. The third-order valence-corrected chi connectivity index (χ3v) is 1.78. The van der Waals surface area contributed by atoms with Crippen LogP contribution in [0.2, 0.25) is 0 Å². The van der Waals surface area contributed by atoms with Gasteiger partial charge >= 0.3 is 0 Å². The van der Waals surface area contributed by atoms with Crippen molar-refractivity contribution < 1.29 is 0 Å². The van der Waals surface area contributed by atoms with E-state index in [4.69, 9.17) is 12.8 Å². The molecule has 70 valence electrons. The number of nitrogens with one attached hydrogen (secondary N) is 1. The highest BCUT2D eigenvalue weighted by molar-refractivity contribution is 5.42. The Kier molecular flexibility index (Phi) is 4.11. The first-order valence-electron chi connectivity index (χ1n) is 4.40. The van der Waals surface area contributed by atoms with Gasteiger partial charge in [0.1, 0.15) is 0 Å². The van der Waals surface area contributed by atoms with Crippen LogP contribution in [-0.2, 0) is 0 Å². The number of anilines is 1. The van der Waals surface area contributed by atoms with Crippen molar-refractivity contribution in [3.8, 4) is 24.7 Å². The fourth-order valence-corrected chi connectivity index (χ4v) is 1.14. The van der Waals surface area contributed by atoms with Crippen molar-refractivity contribution in [1.29, 1.82) is 0 Å². The fraction of sp³-hybridized carbons (Fsp3) is 0.250. The zero-order valence-corrected chi connectivity index (χ0v) is 7.90. The van der Waals surface area contributed by atoms with Gasteiger partial charge < -0.3 is 5.32 Å². The van der Waals surface area contributed by atoms with E-state index in [-0.39, 0.29) is 6.04 Å². The molecule has 0 bridgehead atoms. The van der Waals surface area contributed by atoms with E-state index in [2.05, 4.69) is 22.1 Å². The number of hydrogen-bond donors (Lipinski definition) is 1. The highest BCUT2D eigenvalue weighted by Crippen LogP contribution is 2.09. The summed E-state index contributed by atoms with van der Waals surface area (Å²) in [5.74, 6) is 5.20. The molecule has 2 heteroatoms. The van der Waals surface area contributed by atoms with Crippen molar-refractivity contribution in [2.24, 2.45) is 0 Å². The van der Waals surface area contributed by atoms with Gasteiger partial charge in [-0.2, -0.15) is 0 Å². The molecule has 0 radical (unpaired) electrons. The zero-order chi connectivity index (χ0) is 10.2. The van der Waals surface area contributed by atoms with Crippen LogP contribution in [0.15, 0.2) is 24.5 Å². The van der Waals surface area contributed by atoms with Crippen molar-refractivity contribution in [3.63, 3.8) is 0 Å². The molecule has 0 aliphatic carbocycles. The highest BCUT2D eigenvalue weighted by Gasteiger charge is 2.04. The average molecular weight is 184 g/mol. The predicted octanol–water partition coefficient (Wildman–Crippen LogP) is 1.91. The lowest BCUT2D eigenvalue weighted by Crippen LogP contribution is -2.17. The van der Waals surface area contributed by atoms with Gasteiger partial charge in [-0.3, -0.25) is 4.98 Å². The Balaban J connectivity index is 2.57. The first kappa shape index (κ1) is 10.2. The van der Waals surface area contributed by atoms with Crippen molar-refractivity contribution in [2.45, 2.75) is 18.9 Å². The maximum absolute atomic E-state index is 5.24. The lowest BCUT2D eigenvalue weighted by molar-refractivity contribution is 0.769. The summed E-state index contributed by atoms with van der Waals surface area (Å²) in [7, 11) is 0. The van der Waals surface area contributed by atoms with Gasteiger partial charge in [0.05, 0.1) is 0 Å². The smallest absolute Gasteiger partial charge is 0.0479 e. The van der Waals surface area contributed by atoms with Crippen LogP contribution in [0, 0.1) is 24.7 Å². The second kappa shape index (κ2) is 5.67. The van der Waals surface area contributed by atoms with Gasteiger partial charge in [0.2, 0.25) is 0 Å². The Morgan fingerprint density at radius 1 is 1.21 bits per heavy atom. The van der Waals surface area contributed by atoms with Crippen LogP contribution in [0.25, 0.3) is 0 Å². The first-order valence-corrected chi connectivity index (χ1v) is 4.40. The number of nitrogens with zero attached hydrogens (tertiary/aromatic N) is 1. The molecule has 0 aromatic carbocycles. The molecule has 1 aromatic rings. The topological polar surface area (TPSA) is 24.9 Å². The van der Waals surface area contributed by atoms with Gasteiger partial charge in [-0.25, -0.2) is 0 Å². The molecular weight excluding hydrogens is 172 g/mol. The Hall–Kier alpha value is -1.93. The molecule has 0 unspecified atom stereocenters. The van der Waals surface area contributed by atoms with Crippen molar-refractivity contribution >= 4 is 5.69 Å². The van der Waals surface area contributed by atoms with Gasteiger partial charge in [-0.15, -0.1) is 24.7 Å². The van der Waals surface area contributed by atoms with Crippen molar-refractivity contribution in [1.82, 2.24) is 4.98 Å². The second-order valence-corrected chi connectivity index (χ2v) is 2.89. The predicted molar refractivity (Wildman–Crippen MR) is 58.5 cm³/mol. The molecular formula is C12H12N2. The normalized spacial score (nSPS) is 9.07. The van der Waals surface area contributed by atoms with Crippen LogP contribution in [0.4, 0.5) is 5.69 Å². The van der Waals surface area contributed by atoms with E-state index in [1.807, 2.05) is 12.1 Å². The minimum atomic E-state index is 0.146. The van der Waals surface area contributed by atoms with Crippen LogP contribution in [0.1, 0.15) is 12.8 Å². The first-order chi connectivity index (χ1) is 6.86. The molecule has 0 fully saturated rings. The quantitative estimate of drug-likeness (QED) is 0.723. The monoisotopic (exact) mass is 184 g/mol. The molecule has 0 saturated carbocycles. The maximum atomic E-state index is 5.24. The van der Waals surface area contributed by atoms with E-state index in [9.17, 15) is 0 Å². The van der Waals surface area contributed by atoms with E-state index in [1.165, 1.54) is 0 Å². The van der Waals surface area contributed by atoms with Gasteiger partial charge in [0, 0.05) is 37.0 Å². The zero-order valence-electron chi connectivity index (χ0n) is 7.90. The SMILES string of the molecule is C#CCC(CC#C)Nc1ccncc1. The molecule has 0 aliphatic rings. The lowest BCUT2D eigenvalue weighted by Gasteiger charge is -2.14. The number of rotatable bonds is 4. The van der Waals surface area contributed by atoms with E-state index in [0.29, 0.717) is 12.8 Å². The summed E-state index contributed by atoms with van der Waals surface area (Å²) in [5, 5.41) is 3.26. The largest absolute Gasteiger partial charge is 0.380 e. The Morgan fingerprint density at radius 3 is 2.29 bits per heavy atom. The van der Waals surface area contributed by atoms with E-state index < -0.39 is 0 Å². The maximum Gasteiger partial charge on any atom is 0.0479 e. The van der Waals surface area contributed by atoms with E-state index >= 15 is 0 Å². The summed E-state index contributed by atoms with van der Waals surface area (Å²) in [6.45, 7) is 0. The molecule has 0 amide bonds. The lowest BCUT2D eigenvalue weighted by atomic mass is 10.1. The summed E-state index contributed by atoms with van der Waals surface area (Å²) in [5.41, 5.74) is 0.996. The summed E-state index contributed by atoms with van der Waals surface area (Å²) >= 11 is 0. The van der Waals surface area contributed by atoms with Gasteiger partial charge in [0.15, 0.2) is 0 Å². The number of terminal acetylenes is 2. The molecule has 1 rings (SSSR count). The minimum absolute atomic E-state index is 0.146. The summed E-state index contributed by atoms with van der Waals surface area (Å²) in [6, 6.07) is 3.92. The van der Waals surface area contributed by atoms with Crippen molar-refractivity contribution in [2.75, 3.05) is 5.32 Å². The van der Waals surface area contributed by atoms with Crippen molar-refractivity contribution in [3.05, 3.63) is 24.5 Å².